The first-order valence-electron chi connectivity index (χ1n) is 7.19. The molecule has 4 atom stereocenters. The quantitative estimate of drug-likeness (QED) is 0.882. The van der Waals surface area contributed by atoms with Gasteiger partial charge in [0.15, 0.2) is 5.82 Å². The van der Waals surface area contributed by atoms with E-state index in [4.69, 9.17) is 10.3 Å². The summed E-state index contributed by atoms with van der Waals surface area (Å²) in [7, 11) is -3.01. The lowest BCUT2D eigenvalue weighted by molar-refractivity contribution is 0.336. The van der Waals surface area contributed by atoms with Crippen molar-refractivity contribution in [1.29, 1.82) is 0 Å². The highest BCUT2D eigenvalue weighted by atomic mass is 32.2. The van der Waals surface area contributed by atoms with Gasteiger partial charge in [0.2, 0.25) is 5.89 Å². The lowest BCUT2D eigenvalue weighted by Crippen LogP contribution is -2.16. The summed E-state index contributed by atoms with van der Waals surface area (Å²) in [6.07, 6.45) is 6.56. The predicted octanol–water partition coefficient (Wildman–Crippen LogP) is 1.41. The third-order valence-corrected chi connectivity index (χ3v) is 5.62. The Morgan fingerprint density at radius 3 is 2.80 bits per heavy atom. The van der Waals surface area contributed by atoms with Crippen LogP contribution in [0.3, 0.4) is 0 Å². The first kappa shape index (κ1) is 14.0. The van der Waals surface area contributed by atoms with Crippen molar-refractivity contribution in [1.82, 2.24) is 10.1 Å². The molecule has 1 aromatic heterocycles. The van der Waals surface area contributed by atoms with Crippen LogP contribution in [-0.2, 0) is 9.84 Å². The van der Waals surface area contributed by atoms with Gasteiger partial charge in [-0.25, -0.2) is 8.42 Å². The molecule has 0 spiro atoms. The fourth-order valence-electron chi connectivity index (χ4n) is 3.57. The molecule has 2 saturated carbocycles. The number of hydrogen-bond acceptors (Lipinski definition) is 6. The molecule has 2 fully saturated rings. The Kier molecular flexibility index (Phi) is 3.58. The Bertz CT molecular complexity index is 583. The minimum atomic E-state index is -3.01. The number of hydrogen-bond donors (Lipinski definition) is 1. The van der Waals surface area contributed by atoms with Crippen LogP contribution >= 0.6 is 0 Å². The molecule has 1 aromatic rings. The number of fused-ring (bicyclic) bond motifs is 2. The average molecular weight is 299 g/mol. The summed E-state index contributed by atoms with van der Waals surface area (Å²) in [6.45, 7) is 0. The largest absolute Gasteiger partial charge is 0.338 e. The monoisotopic (exact) mass is 299 g/mol. The van der Waals surface area contributed by atoms with Crippen molar-refractivity contribution in [3.05, 3.63) is 11.7 Å². The Hall–Kier alpha value is -0.950. The highest BCUT2D eigenvalue weighted by Gasteiger charge is 2.42. The van der Waals surface area contributed by atoms with Crippen molar-refractivity contribution >= 4 is 9.84 Å². The Labute approximate surface area is 119 Å². The fraction of sp³-hybridized carbons (Fsp3) is 0.846. The van der Waals surface area contributed by atoms with Crippen molar-refractivity contribution in [2.24, 2.45) is 17.6 Å². The van der Waals surface area contributed by atoms with Crippen molar-refractivity contribution in [2.75, 3.05) is 12.0 Å². The maximum absolute atomic E-state index is 11.1. The van der Waals surface area contributed by atoms with E-state index in [1.54, 1.807) is 0 Å². The molecular weight excluding hydrogens is 278 g/mol. The maximum atomic E-state index is 11.1. The van der Waals surface area contributed by atoms with Gasteiger partial charge in [0.25, 0.3) is 0 Å². The maximum Gasteiger partial charge on any atom is 0.243 e. The molecule has 0 saturated heterocycles. The van der Waals surface area contributed by atoms with Crippen LogP contribution in [0.15, 0.2) is 4.52 Å². The third-order valence-electron chi connectivity index (χ3n) is 4.64. The summed E-state index contributed by atoms with van der Waals surface area (Å²) in [5.41, 5.74) is 5.93. The molecule has 2 bridgehead atoms. The highest BCUT2D eigenvalue weighted by Crippen LogP contribution is 2.52. The van der Waals surface area contributed by atoms with E-state index < -0.39 is 15.9 Å². The third kappa shape index (κ3) is 2.88. The molecule has 0 radical (unpaired) electrons. The second kappa shape index (κ2) is 5.11. The van der Waals surface area contributed by atoms with Gasteiger partial charge in [-0.1, -0.05) is 11.6 Å². The van der Waals surface area contributed by atoms with Gasteiger partial charge in [-0.15, -0.1) is 0 Å². The van der Waals surface area contributed by atoms with E-state index in [1.807, 2.05) is 0 Å². The van der Waals surface area contributed by atoms with Crippen LogP contribution in [0.1, 0.15) is 55.8 Å². The summed E-state index contributed by atoms with van der Waals surface area (Å²) in [4.78, 5) is 4.41. The standard InChI is InChI=1S/C13H21N3O3S/c1-20(17,18)5-4-11(14)13-15-12(16-19-13)10-7-8-2-3-9(10)6-8/h8-11H,2-7,14H2,1H3. The van der Waals surface area contributed by atoms with Crippen LogP contribution in [0.4, 0.5) is 0 Å². The summed E-state index contributed by atoms with van der Waals surface area (Å²) in [5.74, 6) is 3.10. The van der Waals surface area contributed by atoms with Gasteiger partial charge in [-0.05, 0) is 37.5 Å². The van der Waals surface area contributed by atoms with Gasteiger partial charge in [0.05, 0.1) is 11.8 Å². The molecule has 2 aliphatic carbocycles. The molecule has 0 aliphatic heterocycles. The van der Waals surface area contributed by atoms with E-state index >= 15 is 0 Å². The van der Waals surface area contributed by atoms with Gasteiger partial charge in [-0.3, -0.25) is 0 Å². The molecule has 4 unspecified atom stereocenters. The Morgan fingerprint density at radius 2 is 2.20 bits per heavy atom. The molecule has 6 nitrogen and oxygen atoms in total. The Morgan fingerprint density at radius 1 is 1.40 bits per heavy atom. The molecule has 0 amide bonds. The summed E-state index contributed by atoms with van der Waals surface area (Å²) >= 11 is 0. The topological polar surface area (TPSA) is 99.1 Å². The number of nitrogens with zero attached hydrogens (tertiary/aromatic N) is 2. The first-order valence-corrected chi connectivity index (χ1v) is 9.25. The zero-order chi connectivity index (χ0) is 14.3. The molecule has 20 heavy (non-hydrogen) atoms. The van der Waals surface area contributed by atoms with E-state index in [0.29, 0.717) is 24.1 Å². The van der Waals surface area contributed by atoms with Crippen molar-refractivity contribution < 1.29 is 12.9 Å². The van der Waals surface area contributed by atoms with Gasteiger partial charge in [0, 0.05) is 12.2 Å². The lowest BCUT2D eigenvalue weighted by Gasteiger charge is -2.17. The number of nitrogens with two attached hydrogens (primary N) is 1. The zero-order valence-corrected chi connectivity index (χ0v) is 12.5. The minimum absolute atomic E-state index is 0.0417. The molecule has 3 rings (SSSR count). The molecule has 0 aromatic carbocycles. The molecule has 2 aliphatic rings. The zero-order valence-electron chi connectivity index (χ0n) is 11.7. The van der Waals surface area contributed by atoms with Crippen molar-refractivity contribution in [3.63, 3.8) is 0 Å². The van der Waals surface area contributed by atoms with Crippen molar-refractivity contribution in [2.45, 2.75) is 44.1 Å². The van der Waals surface area contributed by atoms with E-state index in [0.717, 1.165) is 18.2 Å². The number of sulfone groups is 1. The van der Waals surface area contributed by atoms with Gasteiger partial charge < -0.3 is 10.3 Å². The second-order valence-corrected chi connectivity index (χ2v) is 8.56. The first-order chi connectivity index (χ1) is 9.42. The summed E-state index contributed by atoms with van der Waals surface area (Å²) in [6, 6.07) is -0.496. The van der Waals surface area contributed by atoms with E-state index in [1.165, 1.54) is 25.5 Å². The van der Waals surface area contributed by atoms with Gasteiger partial charge in [0.1, 0.15) is 9.84 Å². The van der Waals surface area contributed by atoms with Crippen LogP contribution < -0.4 is 5.73 Å². The summed E-state index contributed by atoms with van der Waals surface area (Å²) in [5, 5.41) is 4.07. The molecule has 2 N–H and O–H groups in total. The Balaban J connectivity index is 1.64. The molecule has 7 heteroatoms. The lowest BCUT2D eigenvalue weighted by atomic mass is 9.88. The predicted molar refractivity (Wildman–Crippen MR) is 73.7 cm³/mol. The van der Waals surface area contributed by atoms with Gasteiger partial charge in [-0.2, -0.15) is 4.98 Å². The van der Waals surface area contributed by atoms with Crippen LogP contribution in [-0.4, -0.2) is 30.6 Å². The van der Waals surface area contributed by atoms with Gasteiger partial charge >= 0.3 is 0 Å². The highest BCUT2D eigenvalue weighted by molar-refractivity contribution is 7.90. The van der Waals surface area contributed by atoms with E-state index in [-0.39, 0.29) is 5.75 Å². The molecule has 1 heterocycles. The average Bonchev–Trinajstić information content (AvgIpc) is 3.09. The van der Waals surface area contributed by atoms with Crippen LogP contribution in [0.2, 0.25) is 0 Å². The summed E-state index contributed by atoms with van der Waals surface area (Å²) < 4.78 is 27.5. The second-order valence-electron chi connectivity index (χ2n) is 6.30. The normalized spacial score (nSPS) is 30.8. The van der Waals surface area contributed by atoms with E-state index in [9.17, 15) is 8.42 Å². The van der Waals surface area contributed by atoms with Crippen LogP contribution in [0.25, 0.3) is 0 Å². The SMILES string of the molecule is CS(=O)(=O)CCC(N)c1nc(C2CC3CCC2C3)no1. The molecule has 112 valence electrons. The minimum Gasteiger partial charge on any atom is -0.338 e. The van der Waals surface area contributed by atoms with E-state index in [2.05, 4.69) is 10.1 Å². The van der Waals surface area contributed by atoms with Crippen molar-refractivity contribution in [3.8, 4) is 0 Å². The number of rotatable bonds is 5. The van der Waals surface area contributed by atoms with Crippen LogP contribution in [0, 0.1) is 11.8 Å². The smallest absolute Gasteiger partial charge is 0.243 e. The molecular formula is C13H21N3O3S. The number of aromatic nitrogens is 2. The fourth-order valence-corrected chi connectivity index (χ4v) is 4.26. The van der Waals surface area contributed by atoms with Crippen LogP contribution in [0.5, 0.6) is 0 Å².